The Hall–Kier alpha value is -1.98. The van der Waals surface area contributed by atoms with Crippen LogP contribution in [0.2, 0.25) is 5.02 Å². The highest BCUT2D eigenvalue weighted by Crippen LogP contribution is 2.32. The van der Waals surface area contributed by atoms with Crippen LogP contribution < -0.4 is 5.32 Å². The molecule has 1 aliphatic heterocycles. The number of nitrogens with one attached hydrogen (secondary N) is 1. The molecule has 0 fully saturated rings. The summed E-state index contributed by atoms with van der Waals surface area (Å²) in [5, 5.41) is 3.06. The maximum atomic E-state index is 12.6. The number of aldehydes is 1. The highest BCUT2D eigenvalue weighted by molar-refractivity contribution is 7.85. The first-order valence-electron chi connectivity index (χ1n) is 5.72. The molecule has 3 rings (SSSR count). The fourth-order valence-corrected chi connectivity index (χ4v) is 3.48. The van der Waals surface area contributed by atoms with Gasteiger partial charge in [0, 0.05) is 10.6 Å². The summed E-state index contributed by atoms with van der Waals surface area (Å²) in [4.78, 5) is 23.8. The van der Waals surface area contributed by atoms with Gasteiger partial charge in [0.05, 0.1) is 31.8 Å². The molecule has 6 heteroatoms. The van der Waals surface area contributed by atoms with Crippen molar-refractivity contribution < 1.29 is 13.8 Å². The molecule has 1 atom stereocenters. The molecule has 1 aliphatic rings. The van der Waals surface area contributed by atoms with Crippen molar-refractivity contribution in [2.24, 2.45) is 0 Å². The second kappa shape index (κ2) is 4.85. The molecule has 100 valence electrons. The van der Waals surface area contributed by atoms with Gasteiger partial charge in [0.25, 0.3) is 5.91 Å². The molecule has 2 aromatic carbocycles. The maximum absolute atomic E-state index is 12.6. The monoisotopic (exact) mass is 305 g/mol. The van der Waals surface area contributed by atoms with E-state index in [1.54, 1.807) is 24.3 Å². The third-order valence-electron chi connectivity index (χ3n) is 2.97. The Bertz CT molecular complexity index is 773. The number of fused-ring (bicyclic) bond motifs is 2. The molecule has 1 unspecified atom stereocenters. The minimum atomic E-state index is -1.50. The summed E-state index contributed by atoms with van der Waals surface area (Å²) in [6, 6.07) is 9.31. The molecule has 0 radical (unpaired) electrons. The van der Waals surface area contributed by atoms with Crippen LogP contribution in [0.25, 0.3) is 0 Å². The molecular weight excluding hydrogens is 298 g/mol. The number of carbonyl (C=O) groups excluding carboxylic acids is 2. The van der Waals surface area contributed by atoms with Crippen molar-refractivity contribution in [2.75, 3.05) is 5.32 Å². The lowest BCUT2D eigenvalue weighted by Gasteiger charge is -2.05. The number of anilines is 1. The van der Waals surface area contributed by atoms with E-state index in [-0.39, 0.29) is 5.56 Å². The minimum Gasteiger partial charge on any atom is -0.321 e. The standard InChI is InChI=1S/C14H8ClNO3S/c15-9-2-4-12-10(6-9)14(18)16-11-5-8(7-17)1-3-13(11)20(12)19/h1-7H,(H,16,18). The number of hydrogen-bond donors (Lipinski definition) is 1. The van der Waals surface area contributed by atoms with Crippen molar-refractivity contribution in [1.82, 2.24) is 0 Å². The van der Waals surface area contributed by atoms with Crippen molar-refractivity contribution in [3.8, 4) is 0 Å². The van der Waals surface area contributed by atoms with Crippen molar-refractivity contribution >= 4 is 40.3 Å². The molecule has 2 aromatic rings. The number of amides is 1. The Balaban J connectivity index is 2.24. The highest BCUT2D eigenvalue weighted by Gasteiger charge is 2.25. The first-order chi connectivity index (χ1) is 9.60. The van der Waals surface area contributed by atoms with Crippen molar-refractivity contribution in [3.63, 3.8) is 0 Å². The van der Waals surface area contributed by atoms with Crippen LogP contribution in [0.4, 0.5) is 5.69 Å². The van der Waals surface area contributed by atoms with E-state index >= 15 is 0 Å². The second-order valence-electron chi connectivity index (χ2n) is 4.24. The Morgan fingerprint density at radius 3 is 2.60 bits per heavy atom. The number of hydrogen-bond acceptors (Lipinski definition) is 3. The number of benzene rings is 2. The van der Waals surface area contributed by atoms with E-state index in [1.165, 1.54) is 12.1 Å². The molecule has 0 aromatic heterocycles. The number of carbonyl (C=O) groups is 2. The van der Waals surface area contributed by atoms with E-state index in [1.807, 2.05) is 0 Å². The Morgan fingerprint density at radius 2 is 1.85 bits per heavy atom. The van der Waals surface area contributed by atoms with Crippen molar-refractivity contribution in [2.45, 2.75) is 9.79 Å². The molecule has 4 nitrogen and oxygen atoms in total. The van der Waals surface area contributed by atoms with E-state index in [0.29, 0.717) is 32.4 Å². The van der Waals surface area contributed by atoms with E-state index in [9.17, 15) is 13.8 Å². The predicted octanol–water partition coefficient (Wildman–Crippen LogP) is 2.88. The molecule has 20 heavy (non-hydrogen) atoms. The summed E-state index contributed by atoms with van der Waals surface area (Å²) >= 11 is 5.88. The molecule has 0 bridgehead atoms. The van der Waals surface area contributed by atoms with Gasteiger partial charge < -0.3 is 5.32 Å². The minimum absolute atomic E-state index is 0.277. The quantitative estimate of drug-likeness (QED) is 0.824. The lowest BCUT2D eigenvalue weighted by atomic mass is 10.2. The Kier molecular flexibility index (Phi) is 3.16. The van der Waals surface area contributed by atoms with E-state index in [2.05, 4.69) is 5.32 Å². The zero-order valence-corrected chi connectivity index (χ0v) is 11.6. The van der Waals surface area contributed by atoms with Crippen LogP contribution in [0.5, 0.6) is 0 Å². The zero-order chi connectivity index (χ0) is 14.3. The number of rotatable bonds is 1. The van der Waals surface area contributed by atoms with Gasteiger partial charge in [-0.2, -0.15) is 0 Å². The number of halogens is 1. The topological polar surface area (TPSA) is 63.2 Å². The van der Waals surface area contributed by atoms with Crippen LogP contribution in [0.3, 0.4) is 0 Å². The summed E-state index contributed by atoms with van der Waals surface area (Å²) in [6.07, 6.45) is 0.671. The van der Waals surface area contributed by atoms with Crippen LogP contribution >= 0.6 is 11.6 Å². The molecule has 0 aliphatic carbocycles. The van der Waals surface area contributed by atoms with Crippen LogP contribution in [-0.4, -0.2) is 16.4 Å². The summed E-state index contributed by atoms with van der Waals surface area (Å²) < 4.78 is 12.6. The van der Waals surface area contributed by atoms with Crippen LogP contribution in [0.1, 0.15) is 20.7 Å². The Morgan fingerprint density at radius 1 is 1.10 bits per heavy atom. The fourth-order valence-electron chi connectivity index (χ4n) is 2.03. The predicted molar refractivity (Wildman–Crippen MR) is 75.9 cm³/mol. The molecule has 0 saturated heterocycles. The largest absolute Gasteiger partial charge is 0.321 e. The third-order valence-corrected chi connectivity index (χ3v) is 4.72. The van der Waals surface area contributed by atoms with Gasteiger partial charge in [0.2, 0.25) is 0 Å². The molecule has 0 saturated carbocycles. The van der Waals surface area contributed by atoms with Gasteiger partial charge in [-0.1, -0.05) is 17.7 Å². The normalized spacial score (nSPS) is 16.6. The average molecular weight is 306 g/mol. The highest BCUT2D eigenvalue weighted by atomic mass is 35.5. The second-order valence-corrected chi connectivity index (χ2v) is 6.09. The first-order valence-corrected chi connectivity index (χ1v) is 7.25. The van der Waals surface area contributed by atoms with Crippen molar-refractivity contribution in [1.29, 1.82) is 0 Å². The molecule has 1 amide bonds. The van der Waals surface area contributed by atoms with Gasteiger partial charge in [-0.05, 0) is 30.3 Å². The third kappa shape index (κ3) is 2.05. The smallest absolute Gasteiger partial charge is 0.256 e. The molecular formula is C14H8ClNO3S. The summed E-state index contributed by atoms with van der Waals surface area (Å²) in [7, 11) is -1.50. The summed E-state index contributed by atoms with van der Waals surface area (Å²) in [6.45, 7) is 0. The van der Waals surface area contributed by atoms with Gasteiger partial charge in [-0.3, -0.25) is 9.59 Å². The van der Waals surface area contributed by atoms with Gasteiger partial charge in [-0.15, -0.1) is 0 Å². The molecule has 1 N–H and O–H groups in total. The zero-order valence-electron chi connectivity index (χ0n) is 10.1. The fraction of sp³-hybridized carbons (Fsp3) is 0. The van der Waals surface area contributed by atoms with E-state index < -0.39 is 16.7 Å². The van der Waals surface area contributed by atoms with Gasteiger partial charge in [-0.25, -0.2) is 4.21 Å². The summed E-state index contributed by atoms with van der Waals surface area (Å²) in [5.74, 6) is -0.391. The van der Waals surface area contributed by atoms with Gasteiger partial charge >= 0.3 is 0 Å². The van der Waals surface area contributed by atoms with Crippen LogP contribution in [0.15, 0.2) is 46.2 Å². The van der Waals surface area contributed by atoms with Gasteiger partial charge in [0.15, 0.2) is 0 Å². The Labute approximate surface area is 122 Å². The summed E-state index contributed by atoms with van der Waals surface area (Å²) in [5.41, 5.74) is 1.06. The van der Waals surface area contributed by atoms with Crippen LogP contribution in [0, 0.1) is 0 Å². The SMILES string of the molecule is O=Cc1ccc2c(c1)NC(=O)c1cc(Cl)ccc1S2=O. The first kappa shape index (κ1) is 13.0. The van der Waals surface area contributed by atoms with E-state index in [0.717, 1.165) is 0 Å². The maximum Gasteiger partial charge on any atom is 0.256 e. The lowest BCUT2D eigenvalue weighted by Crippen LogP contribution is -2.11. The molecule has 1 heterocycles. The lowest BCUT2D eigenvalue weighted by molar-refractivity contribution is 0.102. The molecule has 0 spiro atoms. The van der Waals surface area contributed by atoms with Crippen LogP contribution in [-0.2, 0) is 10.8 Å². The van der Waals surface area contributed by atoms with E-state index in [4.69, 9.17) is 11.6 Å². The van der Waals surface area contributed by atoms with Crippen molar-refractivity contribution in [3.05, 3.63) is 52.5 Å². The van der Waals surface area contributed by atoms with Gasteiger partial charge in [0.1, 0.15) is 6.29 Å². The average Bonchev–Trinajstić information content (AvgIpc) is 2.55.